The van der Waals surface area contributed by atoms with Crippen molar-refractivity contribution < 1.29 is 9.53 Å². The van der Waals surface area contributed by atoms with E-state index in [9.17, 15) is 4.79 Å². The van der Waals surface area contributed by atoms with Gasteiger partial charge in [0.25, 0.3) is 0 Å². The number of unbranched alkanes of at least 4 members (excludes halogenated alkanes) is 1. The van der Waals surface area contributed by atoms with Gasteiger partial charge in [0.05, 0.1) is 0 Å². The second kappa shape index (κ2) is 17.9. The Bertz CT molecular complexity index is 1030. The molecule has 0 aromatic rings. The van der Waals surface area contributed by atoms with Crippen LogP contribution in [0, 0.1) is 52.3 Å². The molecule has 3 saturated carbocycles. The largest absolute Gasteiger partial charge is 0.446 e. The van der Waals surface area contributed by atoms with Crippen molar-refractivity contribution in [3.8, 4) is 0 Å². The average Bonchev–Trinajstić information content (AvgIpc) is 3.39. The van der Waals surface area contributed by atoms with E-state index in [0.717, 1.165) is 106 Å². The van der Waals surface area contributed by atoms with Gasteiger partial charge in [0.15, 0.2) is 0 Å². The Hall–Kier alpha value is -1.11. The van der Waals surface area contributed by atoms with Crippen LogP contribution in [0.5, 0.6) is 0 Å². The molecule has 2 unspecified atom stereocenters. The fraction of sp³-hybridized carbons (Fsp3) is 0.929. The molecule has 0 aliphatic heterocycles. The van der Waals surface area contributed by atoms with Gasteiger partial charge in [0.1, 0.15) is 6.10 Å². The summed E-state index contributed by atoms with van der Waals surface area (Å²) in [6.07, 6.45) is 20.4. The Labute approximate surface area is 296 Å². The fourth-order valence-electron chi connectivity index (χ4n) is 11.3. The third-order valence-electron chi connectivity index (χ3n) is 14.5. The number of hydrogen-bond acceptors (Lipinski definition) is 5. The maximum absolute atomic E-state index is 13.5. The van der Waals surface area contributed by atoms with Gasteiger partial charge >= 0.3 is 6.09 Å². The number of carbonyl (C=O) groups excluding carboxylic acids is 1. The predicted molar refractivity (Wildman–Crippen MR) is 203 cm³/mol. The first-order chi connectivity index (χ1) is 22.8. The molecule has 4 aliphatic carbocycles. The summed E-state index contributed by atoms with van der Waals surface area (Å²) < 4.78 is 6.30. The third-order valence-corrected chi connectivity index (χ3v) is 14.5. The Morgan fingerprint density at radius 1 is 0.917 bits per heavy atom. The van der Waals surface area contributed by atoms with E-state index in [-0.39, 0.29) is 29.7 Å². The lowest BCUT2D eigenvalue weighted by Gasteiger charge is -2.58. The van der Waals surface area contributed by atoms with Gasteiger partial charge in [-0.05, 0) is 156 Å². The minimum Gasteiger partial charge on any atom is -0.446 e. The fourth-order valence-corrected chi connectivity index (χ4v) is 11.3. The van der Waals surface area contributed by atoms with Gasteiger partial charge in [0, 0.05) is 31.6 Å². The Morgan fingerprint density at radius 2 is 1.67 bits per heavy atom. The zero-order valence-electron chi connectivity index (χ0n) is 32.7. The molecule has 6 heteroatoms. The lowest BCUT2D eigenvalue weighted by molar-refractivity contribution is -0.0595. The zero-order valence-corrected chi connectivity index (χ0v) is 32.7. The maximum Gasteiger partial charge on any atom is 0.410 e. The van der Waals surface area contributed by atoms with Crippen LogP contribution < -0.4 is 16.8 Å². The van der Waals surface area contributed by atoms with Crippen molar-refractivity contribution in [1.82, 2.24) is 10.2 Å². The number of amides is 1. The molecule has 0 radical (unpaired) electrons. The molecule has 5 N–H and O–H groups in total. The molecule has 1 amide bonds. The lowest BCUT2D eigenvalue weighted by Crippen LogP contribution is -2.51. The summed E-state index contributed by atoms with van der Waals surface area (Å²) in [4.78, 5) is 15.5. The first-order valence-corrected chi connectivity index (χ1v) is 20.7. The molecule has 48 heavy (non-hydrogen) atoms. The van der Waals surface area contributed by atoms with Gasteiger partial charge in [-0.15, -0.1) is 0 Å². The number of ether oxygens (including phenoxy) is 1. The van der Waals surface area contributed by atoms with Crippen LogP contribution in [0.4, 0.5) is 4.79 Å². The van der Waals surface area contributed by atoms with Gasteiger partial charge < -0.3 is 26.4 Å². The molecular weight excluding hydrogens is 592 g/mol. The van der Waals surface area contributed by atoms with E-state index in [4.69, 9.17) is 16.2 Å². The van der Waals surface area contributed by atoms with Crippen LogP contribution in [0.25, 0.3) is 0 Å². The van der Waals surface area contributed by atoms with Crippen molar-refractivity contribution in [3.05, 3.63) is 11.6 Å². The van der Waals surface area contributed by atoms with Crippen molar-refractivity contribution in [2.24, 2.45) is 63.7 Å². The number of nitrogens with zero attached hydrogens (tertiary/aromatic N) is 1. The summed E-state index contributed by atoms with van der Waals surface area (Å²) in [5.74, 6) is 5.91. The molecule has 0 bridgehead atoms. The van der Waals surface area contributed by atoms with Crippen LogP contribution in [-0.2, 0) is 4.74 Å². The maximum atomic E-state index is 13.5. The molecule has 11 atom stereocenters. The van der Waals surface area contributed by atoms with Crippen LogP contribution in [-0.4, -0.2) is 55.4 Å². The summed E-state index contributed by atoms with van der Waals surface area (Å²) >= 11 is 0. The minimum atomic E-state index is -0.137. The highest BCUT2D eigenvalue weighted by Gasteiger charge is 2.59. The SMILES string of the molecule is CC[C@H](CC[C@@H](C)[C@H]1CC[C@H]2[C@@H]3CC=C4C[C@@H](OC(=O)N(CCCCNCCC(C)N)CCC(C)N)CC[C@]4(C)[C@H]3CC[C@]12C)C(C)C. The average molecular weight is 671 g/mol. The van der Waals surface area contributed by atoms with Crippen molar-refractivity contribution in [1.29, 1.82) is 0 Å². The molecule has 4 aliphatic rings. The summed E-state index contributed by atoms with van der Waals surface area (Å²) in [5.41, 5.74) is 14.3. The van der Waals surface area contributed by atoms with Crippen molar-refractivity contribution in [3.63, 3.8) is 0 Å². The van der Waals surface area contributed by atoms with Crippen molar-refractivity contribution in [2.75, 3.05) is 26.2 Å². The van der Waals surface area contributed by atoms with Crippen molar-refractivity contribution in [2.45, 2.75) is 170 Å². The minimum absolute atomic E-state index is 0.00514. The number of allylic oxidation sites excluding steroid dienone is 1. The van der Waals surface area contributed by atoms with Crippen LogP contribution in [0.15, 0.2) is 11.6 Å². The smallest absolute Gasteiger partial charge is 0.410 e. The normalized spacial score (nSPS) is 34.0. The monoisotopic (exact) mass is 671 g/mol. The molecular formula is C42H78N4O2. The zero-order chi connectivity index (χ0) is 35.1. The van der Waals surface area contributed by atoms with E-state index in [1.807, 2.05) is 18.7 Å². The second-order valence-corrected chi connectivity index (χ2v) is 18.2. The van der Waals surface area contributed by atoms with Gasteiger partial charge in [-0.2, -0.15) is 0 Å². The van der Waals surface area contributed by atoms with E-state index in [0.29, 0.717) is 12.0 Å². The van der Waals surface area contributed by atoms with Gasteiger partial charge in [0.2, 0.25) is 0 Å². The van der Waals surface area contributed by atoms with Crippen LogP contribution >= 0.6 is 0 Å². The van der Waals surface area contributed by atoms with Crippen molar-refractivity contribution >= 4 is 6.09 Å². The van der Waals surface area contributed by atoms with E-state index >= 15 is 0 Å². The highest BCUT2D eigenvalue weighted by molar-refractivity contribution is 5.67. The molecule has 0 heterocycles. The molecule has 6 nitrogen and oxygen atoms in total. The topological polar surface area (TPSA) is 93.6 Å². The molecule has 0 saturated heterocycles. The standard InChI is InChI=1S/C42H78N4O2/c1-9-33(29(2)3)13-12-30(4)37-16-17-38-36-15-14-34-28-35(18-22-41(34,7)39(36)19-23-42(37,38)8)48-40(47)46(27-21-32(6)44)26-11-10-24-45-25-20-31(5)43/h14,29-33,35-39,45H,9-13,15-28,43-44H2,1-8H3/t30-,31?,32?,33-,35+,36+,37-,38+,39+,41+,42-/m1/s1. The highest BCUT2D eigenvalue weighted by atomic mass is 16.6. The molecule has 0 aromatic heterocycles. The lowest BCUT2D eigenvalue weighted by atomic mass is 9.47. The summed E-state index contributed by atoms with van der Waals surface area (Å²) in [6.45, 7) is 22.5. The molecule has 278 valence electrons. The number of nitrogens with two attached hydrogens (primary N) is 2. The Kier molecular flexibility index (Phi) is 14.8. The molecule has 3 fully saturated rings. The molecule has 0 aromatic carbocycles. The number of hydrogen-bond donors (Lipinski definition) is 3. The van der Waals surface area contributed by atoms with E-state index in [2.05, 4.69) is 52.9 Å². The molecule has 0 spiro atoms. The number of rotatable bonds is 18. The first-order valence-electron chi connectivity index (χ1n) is 20.7. The van der Waals surface area contributed by atoms with E-state index in [1.54, 1.807) is 5.57 Å². The Morgan fingerprint density at radius 3 is 2.35 bits per heavy atom. The van der Waals surface area contributed by atoms with E-state index < -0.39 is 0 Å². The van der Waals surface area contributed by atoms with Gasteiger partial charge in [-0.3, -0.25) is 0 Å². The quantitative estimate of drug-likeness (QED) is 0.0998. The summed E-state index contributed by atoms with van der Waals surface area (Å²) in [7, 11) is 0. The third kappa shape index (κ3) is 9.60. The van der Waals surface area contributed by atoms with E-state index in [1.165, 1.54) is 51.4 Å². The number of carbonyl (C=O) groups is 1. The first kappa shape index (κ1) is 39.7. The second-order valence-electron chi connectivity index (χ2n) is 18.2. The van der Waals surface area contributed by atoms with Crippen LogP contribution in [0.1, 0.15) is 152 Å². The number of fused-ring (bicyclic) bond motifs is 5. The Balaban J connectivity index is 1.32. The molecule has 4 rings (SSSR count). The summed E-state index contributed by atoms with van der Waals surface area (Å²) in [5, 5.41) is 3.48. The van der Waals surface area contributed by atoms with Crippen LogP contribution in [0.2, 0.25) is 0 Å². The number of nitrogens with one attached hydrogen (secondary N) is 1. The highest BCUT2D eigenvalue weighted by Crippen LogP contribution is 2.67. The van der Waals surface area contributed by atoms with Gasteiger partial charge in [-0.1, -0.05) is 66.0 Å². The van der Waals surface area contributed by atoms with Crippen LogP contribution in [0.3, 0.4) is 0 Å². The van der Waals surface area contributed by atoms with Gasteiger partial charge in [-0.25, -0.2) is 4.79 Å². The summed E-state index contributed by atoms with van der Waals surface area (Å²) in [6, 6.07) is 0.306. The predicted octanol–water partition coefficient (Wildman–Crippen LogP) is 9.32.